The second-order valence-electron chi connectivity index (χ2n) is 7.21. The van der Waals surface area contributed by atoms with E-state index in [0.29, 0.717) is 25.2 Å². The van der Waals surface area contributed by atoms with Crippen molar-refractivity contribution in [3.8, 4) is 0 Å². The van der Waals surface area contributed by atoms with E-state index in [1.807, 2.05) is 13.8 Å². The molecule has 1 atom stereocenters. The van der Waals surface area contributed by atoms with Gasteiger partial charge in [-0.25, -0.2) is 8.78 Å². The smallest absolute Gasteiger partial charge is 0.248 e. The minimum atomic E-state index is -0.583. The molecule has 1 heterocycles. The van der Waals surface area contributed by atoms with Gasteiger partial charge in [-0.3, -0.25) is 9.69 Å². The molecule has 0 N–H and O–H groups in total. The second kappa shape index (κ2) is 8.21. The predicted octanol–water partition coefficient (Wildman–Crippen LogP) is 2.05. The van der Waals surface area contributed by atoms with Crippen LogP contribution in [0.1, 0.15) is 19.4 Å². The van der Waals surface area contributed by atoms with E-state index in [-0.39, 0.29) is 25.2 Å². The molecule has 0 aromatic heterocycles. The zero-order chi connectivity index (χ0) is 18.6. The summed E-state index contributed by atoms with van der Waals surface area (Å²) in [4.78, 5) is 15.1. The fourth-order valence-electron chi connectivity index (χ4n) is 2.92. The molecule has 1 amide bonds. The van der Waals surface area contributed by atoms with Gasteiger partial charge in [0.15, 0.2) is 0 Å². The van der Waals surface area contributed by atoms with Gasteiger partial charge in [-0.1, -0.05) is 6.07 Å². The molecule has 5 nitrogen and oxygen atoms in total. The van der Waals surface area contributed by atoms with Crippen LogP contribution in [0.2, 0.25) is 0 Å². The first-order valence-electron chi connectivity index (χ1n) is 8.28. The molecule has 7 heteroatoms. The van der Waals surface area contributed by atoms with Crippen molar-refractivity contribution in [2.45, 2.75) is 32.1 Å². The summed E-state index contributed by atoms with van der Waals surface area (Å²) in [7, 11) is 3.34. The van der Waals surface area contributed by atoms with Crippen molar-refractivity contribution < 1.29 is 23.0 Å². The Kier molecular flexibility index (Phi) is 6.48. The summed E-state index contributed by atoms with van der Waals surface area (Å²) in [5, 5.41) is 0. The van der Waals surface area contributed by atoms with Crippen LogP contribution in [0.15, 0.2) is 18.2 Å². The van der Waals surface area contributed by atoms with Crippen molar-refractivity contribution in [2.24, 2.45) is 0 Å². The Hall–Kier alpha value is -1.57. The Morgan fingerprint density at radius 2 is 2.12 bits per heavy atom. The Morgan fingerprint density at radius 3 is 2.76 bits per heavy atom. The highest BCUT2D eigenvalue weighted by atomic mass is 19.1. The van der Waals surface area contributed by atoms with Gasteiger partial charge in [0.25, 0.3) is 0 Å². The van der Waals surface area contributed by atoms with Crippen LogP contribution < -0.4 is 0 Å². The number of carbonyl (C=O) groups excluding carboxylic acids is 1. The quantitative estimate of drug-likeness (QED) is 0.782. The van der Waals surface area contributed by atoms with E-state index in [1.165, 1.54) is 17.0 Å². The van der Waals surface area contributed by atoms with Gasteiger partial charge in [0.1, 0.15) is 18.2 Å². The lowest BCUT2D eigenvalue weighted by molar-refractivity contribution is -0.161. The molecule has 0 spiro atoms. The van der Waals surface area contributed by atoms with Crippen molar-refractivity contribution >= 4 is 5.91 Å². The molecular formula is C18H26F2N2O3. The van der Waals surface area contributed by atoms with Gasteiger partial charge in [-0.15, -0.1) is 0 Å². The van der Waals surface area contributed by atoms with E-state index in [9.17, 15) is 13.6 Å². The fourth-order valence-corrected chi connectivity index (χ4v) is 2.92. The molecule has 1 aromatic carbocycles. The Morgan fingerprint density at radius 1 is 1.40 bits per heavy atom. The average molecular weight is 356 g/mol. The molecular weight excluding hydrogens is 330 g/mol. The van der Waals surface area contributed by atoms with E-state index in [4.69, 9.17) is 9.47 Å². The van der Waals surface area contributed by atoms with E-state index < -0.39 is 17.2 Å². The van der Waals surface area contributed by atoms with Crippen LogP contribution in [-0.2, 0) is 20.8 Å². The predicted molar refractivity (Wildman–Crippen MR) is 90.1 cm³/mol. The van der Waals surface area contributed by atoms with Crippen molar-refractivity contribution in [3.63, 3.8) is 0 Å². The molecule has 1 aliphatic heterocycles. The topological polar surface area (TPSA) is 42.0 Å². The number of likely N-dealkylation sites (N-methyl/N-ethyl adjacent to an activating group) is 1. The van der Waals surface area contributed by atoms with E-state index in [0.717, 1.165) is 6.07 Å². The molecule has 0 bridgehead atoms. The van der Waals surface area contributed by atoms with Crippen molar-refractivity contribution in [2.75, 3.05) is 40.4 Å². The first kappa shape index (κ1) is 19.8. The highest BCUT2D eigenvalue weighted by Crippen LogP contribution is 2.23. The van der Waals surface area contributed by atoms with Crippen LogP contribution in [0.3, 0.4) is 0 Å². The van der Waals surface area contributed by atoms with Gasteiger partial charge in [0.2, 0.25) is 5.91 Å². The third-order valence-electron chi connectivity index (χ3n) is 3.99. The monoisotopic (exact) mass is 356 g/mol. The zero-order valence-corrected chi connectivity index (χ0v) is 15.2. The largest absolute Gasteiger partial charge is 0.369 e. The SMILES string of the molecule is CN(C)C(=O)COCC1CN(Cc2ccc(F)cc2F)CC(C)(C)O1. The molecule has 0 aliphatic carbocycles. The third-order valence-corrected chi connectivity index (χ3v) is 3.99. The van der Waals surface area contributed by atoms with Crippen LogP contribution in [0.5, 0.6) is 0 Å². The first-order chi connectivity index (χ1) is 11.7. The number of nitrogens with zero attached hydrogens (tertiary/aromatic N) is 2. The highest BCUT2D eigenvalue weighted by molar-refractivity contribution is 5.76. The van der Waals surface area contributed by atoms with Gasteiger partial charge >= 0.3 is 0 Å². The Labute approximate surface area is 147 Å². The summed E-state index contributed by atoms with van der Waals surface area (Å²) in [5.41, 5.74) is 0.0236. The molecule has 25 heavy (non-hydrogen) atoms. The zero-order valence-electron chi connectivity index (χ0n) is 15.2. The summed E-state index contributed by atoms with van der Waals surface area (Å²) in [5.74, 6) is -1.24. The number of rotatable bonds is 6. The number of ether oxygens (including phenoxy) is 2. The lowest BCUT2D eigenvalue weighted by Crippen LogP contribution is -2.53. The minimum Gasteiger partial charge on any atom is -0.369 e. The first-order valence-corrected chi connectivity index (χ1v) is 8.28. The molecule has 0 radical (unpaired) electrons. The second-order valence-corrected chi connectivity index (χ2v) is 7.21. The number of morpholine rings is 1. The number of halogens is 2. The van der Waals surface area contributed by atoms with E-state index in [1.54, 1.807) is 14.1 Å². The number of carbonyl (C=O) groups is 1. The minimum absolute atomic E-state index is 0.000120. The van der Waals surface area contributed by atoms with Gasteiger partial charge < -0.3 is 14.4 Å². The molecule has 140 valence electrons. The van der Waals surface area contributed by atoms with Gasteiger partial charge in [-0.05, 0) is 19.9 Å². The highest BCUT2D eigenvalue weighted by Gasteiger charge is 2.33. The summed E-state index contributed by atoms with van der Waals surface area (Å²) in [6.07, 6.45) is -0.220. The maximum Gasteiger partial charge on any atom is 0.248 e. The van der Waals surface area contributed by atoms with Crippen LogP contribution in [0, 0.1) is 11.6 Å². The lowest BCUT2D eigenvalue weighted by Gasteiger charge is -2.42. The number of hydrogen-bond donors (Lipinski definition) is 0. The van der Waals surface area contributed by atoms with Crippen LogP contribution in [0.25, 0.3) is 0 Å². The Balaban J connectivity index is 1.94. The maximum absolute atomic E-state index is 13.9. The van der Waals surface area contributed by atoms with Gasteiger partial charge in [0, 0.05) is 45.4 Å². The van der Waals surface area contributed by atoms with E-state index >= 15 is 0 Å². The molecule has 1 saturated heterocycles. The molecule has 1 aromatic rings. The van der Waals surface area contributed by atoms with Gasteiger partial charge in [-0.2, -0.15) is 0 Å². The molecule has 2 rings (SSSR count). The molecule has 0 saturated carbocycles. The fraction of sp³-hybridized carbons (Fsp3) is 0.611. The number of amides is 1. The Bertz CT molecular complexity index is 608. The average Bonchev–Trinajstić information content (AvgIpc) is 2.48. The third kappa shape index (κ3) is 6.02. The van der Waals surface area contributed by atoms with E-state index in [2.05, 4.69) is 4.90 Å². The maximum atomic E-state index is 13.9. The van der Waals surface area contributed by atoms with Crippen LogP contribution in [-0.4, -0.2) is 67.8 Å². The summed E-state index contributed by atoms with van der Waals surface area (Å²) in [6, 6.07) is 3.63. The van der Waals surface area contributed by atoms with Crippen molar-refractivity contribution in [1.29, 1.82) is 0 Å². The summed E-state index contributed by atoms with van der Waals surface area (Å²) < 4.78 is 38.4. The molecule has 1 aliphatic rings. The van der Waals surface area contributed by atoms with Crippen molar-refractivity contribution in [1.82, 2.24) is 9.80 Å². The molecule has 1 fully saturated rings. The number of hydrogen-bond acceptors (Lipinski definition) is 4. The number of benzene rings is 1. The summed E-state index contributed by atoms with van der Waals surface area (Å²) in [6.45, 7) is 5.74. The lowest BCUT2D eigenvalue weighted by atomic mass is 10.0. The molecule has 1 unspecified atom stereocenters. The van der Waals surface area contributed by atoms with Gasteiger partial charge in [0.05, 0.1) is 18.3 Å². The normalized spacial score (nSPS) is 20.5. The summed E-state index contributed by atoms with van der Waals surface area (Å²) >= 11 is 0. The van der Waals surface area contributed by atoms with Crippen molar-refractivity contribution in [3.05, 3.63) is 35.4 Å². The van der Waals surface area contributed by atoms with Crippen LogP contribution in [0.4, 0.5) is 8.78 Å². The standard InChI is InChI=1S/C18H26F2N2O3/c1-18(2)12-22(8-13-5-6-14(19)7-16(13)20)9-15(25-18)10-24-11-17(23)21(3)4/h5-7,15H,8-12H2,1-4H3. The van der Waals surface area contributed by atoms with Crippen LogP contribution >= 0.6 is 0 Å².